The quantitative estimate of drug-likeness (QED) is 0.464. The summed E-state index contributed by atoms with van der Waals surface area (Å²) >= 11 is 3.26. The van der Waals surface area contributed by atoms with E-state index in [2.05, 4.69) is 6.58 Å². The number of carbonyl (C=O) groups excluding carboxylic acids is 1. The van der Waals surface area contributed by atoms with Crippen LogP contribution < -0.4 is 0 Å². The molecule has 19 heavy (non-hydrogen) atoms. The zero-order valence-electron chi connectivity index (χ0n) is 10.8. The van der Waals surface area contributed by atoms with E-state index in [-0.39, 0.29) is 12.5 Å². The second kappa shape index (κ2) is 7.74. The number of ether oxygens (including phenoxy) is 1. The molecule has 1 heterocycles. The van der Waals surface area contributed by atoms with Gasteiger partial charge in [0.25, 0.3) is 0 Å². The molecule has 0 bridgehead atoms. The molecule has 8 heteroatoms. The Morgan fingerprint density at radius 1 is 1.47 bits per heavy atom. The Morgan fingerprint density at radius 2 is 2.00 bits per heavy atom. The van der Waals surface area contributed by atoms with E-state index >= 15 is 0 Å². The Labute approximate surface area is 121 Å². The smallest absolute Gasteiger partial charge is 0.339 e. The van der Waals surface area contributed by atoms with Crippen LogP contribution in [-0.2, 0) is 14.1 Å². The van der Waals surface area contributed by atoms with Gasteiger partial charge in [0.1, 0.15) is 6.10 Å². The SMILES string of the molecule is C=C1CSCC(OC(=O)C(CC)P(=O)(O)O)CSC1. The van der Waals surface area contributed by atoms with Crippen molar-refractivity contribution >= 4 is 37.1 Å². The summed E-state index contributed by atoms with van der Waals surface area (Å²) in [7, 11) is -4.43. The van der Waals surface area contributed by atoms with Gasteiger partial charge in [-0.2, -0.15) is 23.5 Å². The molecule has 0 radical (unpaired) electrons. The summed E-state index contributed by atoms with van der Waals surface area (Å²) in [6.45, 7) is 5.49. The van der Waals surface area contributed by atoms with Gasteiger partial charge in [-0.1, -0.05) is 19.1 Å². The van der Waals surface area contributed by atoms with Crippen molar-refractivity contribution in [2.24, 2.45) is 0 Å². The molecule has 1 atom stereocenters. The first-order chi connectivity index (χ1) is 8.84. The maximum atomic E-state index is 11.8. The molecule has 2 N–H and O–H groups in total. The molecule has 1 aliphatic heterocycles. The fourth-order valence-corrected chi connectivity index (χ4v) is 4.62. The normalized spacial score (nSPS) is 20.5. The summed E-state index contributed by atoms with van der Waals surface area (Å²) in [6.07, 6.45) is -0.219. The highest BCUT2D eigenvalue weighted by Crippen LogP contribution is 2.43. The molecule has 110 valence electrons. The van der Waals surface area contributed by atoms with Gasteiger partial charge in [0.15, 0.2) is 5.66 Å². The highest BCUT2D eigenvalue weighted by molar-refractivity contribution is 8.01. The number of hydrogen-bond acceptors (Lipinski definition) is 5. The third kappa shape index (κ3) is 5.92. The lowest BCUT2D eigenvalue weighted by atomic mass is 10.3. The van der Waals surface area contributed by atoms with Crippen LogP contribution in [0.3, 0.4) is 0 Å². The molecule has 0 aliphatic carbocycles. The molecule has 0 saturated carbocycles. The monoisotopic (exact) mass is 326 g/mol. The van der Waals surface area contributed by atoms with Crippen molar-refractivity contribution in [3.05, 3.63) is 12.2 Å². The van der Waals surface area contributed by atoms with Gasteiger partial charge < -0.3 is 14.5 Å². The lowest BCUT2D eigenvalue weighted by Crippen LogP contribution is -2.31. The first-order valence-corrected chi connectivity index (χ1v) is 9.91. The lowest BCUT2D eigenvalue weighted by Gasteiger charge is -2.23. The predicted molar refractivity (Wildman–Crippen MR) is 79.8 cm³/mol. The van der Waals surface area contributed by atoms with Crippen LogP contribution in [-0.4, -0.2) is 50.5 Å². The highest BCUT2D eigenvalue weighted by atomic mass is 32.2. The van der Waals surface area contributed by atoms with Gasteiger partial charge in [-0.3, -0.25) is 9.36 Å². The van der Waals surface area contributed by atoms with E-state index in [9.17, 15) is 9.36 Å². The van der Waals surface area contributed by atoms with Gasteiger partial charge >= 0.3 is 13.6 Å². The topological polar surface area (TPSA) is 83.8 Å². The van der Waals surface area contributed by atoms with E-state index < -0.39 is 19.2 Å². The van der Waals surface area contributed by atoms with Gasteiger partial charge in [-0.15, -0.1) is 0 Å². The third-order valence-electron chi connectivity index (χ3n) is 2.57. The Kier molecular flexibility index (Phi) is 6.97. The molecule has 0 amide bonds. The number of esters is 1. The minimum atomic E-state index is -4.43. The van der Waals surface area contributed by atoms with Crippen LogP contribution in [0.4, 0.5) is 0 Å². The summed E-state index contributed by atoms with van der Waals surface area (Å²) in [5, 5.41) is 0. The number of thioether (sulfide) groups is 2. The van der Waals surface area contributed by atoms with Crippen molar-refractivity contribution in [1.29, 1.82) is 0 Å². The highest BCUT2D eigenvalue weighted by Gasteiger charge is 2.36. The zero-order chi connectivity index (χ0) is 14.5. The molecule has 1 rings (SSSR count). The summed E-state index contributed by atoms with van der Waals surface area (Å²) < 4.78 is 16.4. The van der Waals surface area contributed by atoms with Crippen LogP contribution in [0.1, 0.15) is 13.3 Å². The number of carbonyl (C=O) groups is 1. The first kappa shape index (κ1) is 17.1. The molecule has 1 aliphatic rings. The van der Waals surface area contributed by atoms with Gasteiger partial charge in [0, 0.05) is 23.0 Å². The summed E-state index contributed by atoms with van der Waals surface area (Å²) in [6, 6.07) is 0. The van der Waals surface area contributed by atoms with Crippen LogP contribution >= 0.6 is 31.1 Å². The lowest BCUT2D eigenvalue weighted by molar-refractivity contribution is -0.146. The molecular formula is C11H19O5PS2. The average molecular weight is 326 g/mol. The maximum Gasteiger partial charge on any atom is 0.339 e. The van der Waals surface area contributed by atoms with E-state index in [1.807, 2.05) is 0 Å². The Bertz CT molecular complexity index is 369. The standard InChI is InChI=1S/C11H19O5PS2/c1-3-10(17(13,14)15)11(12)16-9-6-18-4-8(2)5-19-7-9/h9-10H,2-7H2,1H3,(H2,13,14,15). The minimum Gasteiger partial charge on any atom is -0.460 e. The zero-order valence-corrected chi connectivity index (χ0v) is 13.3. The van der Waals surface area contributed by atoms with E-state index in [1.54, 1.807) is 30.4 Å². The van der Waals surface area contributed by atoms with Gasteiger partial charge in [-0.25, -0.2) is 0 Å². The summed E-state index contributed by atoms with van der Waals surface area (Å²) in [4.78, 5) is 30.0. The number of hydrogen-bond donors (Lipinski definition) is 2. The Morgan fingerprint density at radius 3 is 2.42 bits per heavy atom. The maximum absolute atomic E-state index is 11.8. The first-order valence-electron chi connectivity index (χ1n) is 5.92. The second-order valence-corrected chi connectivity index (χ2v) is 8.21. The summed E-state index contributed by atoms with van der Waals surface area (Å²) in [5.41, 5.74) is -0.190. The van der Waals surface area contributed by atoms with Crippen molar-refractivity contribution in [1.82, 2.24) is 0 Å². The minimum absolute atomic E-state index is 0.0763. The molecule has 1 saturated heterocycles. The van der Waals surface area contributed by atoms with E-state index in [4.69, 9.17) is 14.5 Å². The van der Waals surface area contributed by atoms with Crippen molar-refractivity contribution in [2.75, 3.05) is 23.0 Å². The molecule has 1 unspecified atom stereocenters. The molecule has 0 aromatic heterocycles. The van der Waals surface area contributed by atoms with Gasteiger partial charge in [0.05, 0.1) is 0 Å². The van der Waals surface area contributed by atoms with E-state index in [0.29, 0.717) is 11.5 Å². The molecule has 5 nitrogen and oxygen atoms in total. The second-order valence-electron chi connectivity index (χ2n) is 4.35. The Balaban J connectivity index is 2.55. The Hall–Kier alpha value is 0.0600. The average Bonchev–Trinajstić information content (AvgIpc) is 2.24. The van der Waals surface area contributed by atoms with Crippen LogP contribution in [0.5, 0.6) is 0 Å². The van der Waals surface area contributed by atoms with Crippen molar-refractivity contribution < 1.29 is 23.9 Å². The van der Waals surface area contributed by atoms with Crippen molar-refractivity contribution in [3.8, 4) is 0 Å². The van der Waals surface area contributed by atoms with Crippen molar-refractivity contribution in [2.45, 2.75) is 25.1 Å². The van der Waals surface area contributed by atoms with E-state index in [0.717, 1.165) is 17.1 Å². The largest absolute Gasteiger partial charge is 0.460 e. The van der Waals surface area contributed by atoms with Crippen LogP contribution in [0.25, 0.3) is 0 Å². The number of rotatable bonds is 4. The fourth-order valence-electron chi connectivity index (χ4n) is 1.61. The van der Waals surface area contributed by atoms with Crippen LogP contribution in [0, 0.1) is 0 Å². The molecular weight excluding hydrogens is 307 g/mol. The third-order valence-corrected chi connectivity index (χ3v) is 6.40. The molecule has 0 aromatic carbocycles. The fraction of sp³-hybridized carbons (Fsp3) is 0.727. The van der Waals surface area contributed by atoms with Gasteiger partial charge in [0.2, 0.25) is 0 Å². The van der Waals surface area contributed by atoms with Crippen LogP contribution in [0.2, 0.25) is 0 Å². The van der Waals surface area contributed by atoms with Crippen molar-refractivity contribution in [3.63, 3.8) is 0 Å². The predicted octanol–water partition coefficient (Wildman–Crippen LogP) is 1.89. The molecule has 0 aromatic rings. The van der Waals surface area contributed by atoms with Crippen LogP contribution in [0.15, 0.2) is 12.2 Å². The van der Waals surface area contributed by atoms with E-state index in [1.165, 1.54) is 0 Å². The van der Waals surface area contributed by atoms with Gasteiger partial charge in [-0.05, 0) is 6.42 Å². The molecule has 1 fully saturated rings. The summed E-state index contributed by atoms with van der Waals surface area (Å²) in [5.74, 6) is 2.14. The molecule has 0 spiro atoms.